The Kier molecular flexibility index (Phi) is 4.73. The molecule has 0 amide bonds. The quantitative estimate of drug-likeness (QED) is 0.470. The monoisotopic (exact) mass is 383 g/mol. The Labute approximate surface area is 159 Å². The molecule has 0 unspecified atom stereocenters. The molecule has 0 aliphatic rings. The molecule has 4 rings (SSSR count). The number of halogens is 1. The number of aryl methyl sites for hydroxylation is 1. The average molecular weight is 384 g/mol. The molecule has 130 valence electrons. The lowest BCUT2D eigenvalue weighted by Crippen LogP contribution is -1.98. The summed E-state index contributed by atoms with van der Waals surface area (Å²) in [7, 11) is 0. The third-order valence-electron chi connectivity index (χ3n) is 3.70. The highest BCUT2D eigenvalue weighted by molar-refractivity contribution is 7.98. The smallest absolute Gasteiger partial charge is 0.237 e. The van der Waals surface area contributed by atoms with Gasteiger partial charge in [0.25, 0.3) is 0 Å². The number of nitrogens with zero attached hydrogens (tertiary/aromatic N) is 5. The van der Waals surface area contributed by atoms with E-state index in [4.69, 9.17) is 16.1 Å². The van der Waals surface area contributed by atoms with Gasteiger partial charge in [-0.1, -0.05) is 46.7 Å². The van der Waals surface area contributed by atoms with Gasteiger partial charge in [0.05, 0.1) is 5.75 Å². The van der Waals surface area contributed by atoms with Crippen molar-refractivity contribution in [3.05, 3.63) is 71.3 Å². The molecular weight excluding hydrogens is 370 g/mol. The number of benzene rings is 2. The molecule has 0 spiro atoms. The van der Waals surface area contributed by atoms with Gasteiger partial charge in [0.15, 0.2) is 5.16 Å². The van der Waals surface area contributed by atoms with Gasteiger partial charge in [-0.25, -0.2) is 0 Å². The molecule has 0 aliphatic carbocycles. The minimum absolute atomic E-state index is 0.506. The normalized spacial score (nSPS) is 11.0. The van der Waals surface area contributed by atoms with Crippen molar-refractivity contribution in [1.29, 1.82) is 0 Å². The minimum atomic E-state index is 0.506. The Morgan fingerprint density at radius 3 is 2.58 bits per heavy atom. The maximum absolute atomic E-state index is 5.91. The molecule has 0 bridgehead atoms. The molecule has 4 aromatic rings. The molecule has 0 aliphatic heterocycles. The first-order valence-electron chi connectivity index (χ1n) is 7.89. The third-order valence-corrected chi connectivity index (χ3v) is 4.87. The molecule has 0 radical (unpaired) electrons. The molecule has 2 heterocycles. The van der Waals surface area contributed by atoms with Gasteiger partial charge in [0, 0.05) is 16.3 Å². The molecule has 0 N–H and O–H groups in total. The van der Waals surface area contributed by atoms with Crippen molar-refractivity contribution in [2.75, 3.05) is 0 Å². The van der Waals surface area contributed by atoms with Crippen LogP contribution in [0.3, 0.4) is 0 Å². The first kappa shape index (κ1) is 16.8. The second kappa shape index (κ2) is 7.31. The standard InChI is InChI=1S/C18H14ClN5OS/c1-12-21-22-18(24(12)15-5-3-2-4-6-15)26-11-16-20-17(23-25-16)13-7-9-14(19)10-8-13/h2-10H,11H2,1H3. The number of para-hydroxylation sites is 1. The van der Waals surface area contributed by atoms with E-state index in [1.807, 2.05) is 54.0 Å². The van der Waals surface area contributed by atoms with E-state index in [2.05, 4.69) is 20.3 Å². The van der Waals surface area contributed by atoms with Gasteiger partial charge in [0.2, 0.25) is 11.7 Å². The van der Waals surface area contributed by atoms with Crippen molar-refractivity contribution in [3.8, 4) is 17.1 Å². The molecule has 0 saturated carbocycles. The first-order chi connectivity index (χ1) is 12.7. The lowest BCUT2D eigenvalue weighted by molar-refractivity contribution is 0.391. The van der Waals surface area contributed by atoms with Gasteiger partial charge in [-0.15, -0.1) is 10.2 Å². The van der Waals surface area contributed by atoms with E-state index in [-0.39, 0.29) is 0 Å². The van der Waals surface area contributed by atoms with Crippen LogP contribution >= 0.6 is 23.4 Å². The highest BCUT2D eigenvalue weighted by Gasteiger charge is 2.14. The lowest BCUT2D eigenvalue weighted by atomic mass is 10.2. The number of thioether (sulfide) groups is 1. The zero-order valence-corrected chi connectivity index (χ0v) is 15.4. The van der Waals surface area contributed by atoms with Crippen LogP contribution in [0.25, 0.3) is 17.1 Å². The molecule has 0 saturated heterocycles. The summed E-state index contributed by atoms with van der Waals surface area (Å²) in [5, 5.41) is 13.9. The fraction of sp³-hybridized carbons (Fsp3) is 0.111. The summed E-state index contributed by atoms with van der Waals surface area (Å²) in [4.78, 5) is 4.44. The van der Waals surface area contributed by atoms with E-state index < -0.39 is 0 Å². The van der Waals surface area contributed by atoms with Gasteiger partial charge in [-0.3, -0.25) is 4.57 Å². The fourth-order valence-corrected chi connectivity index (χ4v) is 3.43. The molecule has 0 atom stereocenters. The van der Waals surface area contributed by atoms with Gasteiger partial charge in [-0.05, 0) is 43.3 Å². The SMILES string of the molecule is Cc1nnc(SCc2nc(-c3ccc(Cl)cc3)no2)n1-c1ccccc1. The molecule has 6 nitrogen and oxygen atoms in total. The highest BCUT2D eigenvalue weighted by Crippen LogP contribution is 2.26. The largest absolute Gasteiger partial charge is 0.338 e. The Morgan fingerprint density at radius 2 is 1.81 bits per heavy atom. The molecule has 0 fully saturated rings. The van der Waals surface area contributed by atoms with Gasteiger partial charge < -0.3 is 4.52 Å². The van der Waals surface area contributed by atoms with Gasteiger partial charge in [0.1, 0.15) is 5.82 Å². The molecular formula is C18H14ClN5OS. The molecule has 2 aromatic heterocycles. The summed E-state index contributed by atoms with van der Waals surface area (Å²) < 4.78 is 7.35. The second-order valence-electron chi connectivity index (χ2n) is 5.51. The Hall–Kier alpha value is -2.64. The summed E-state index contributed by atoms with van der Waals surface area (Å²) >= 11 is 7.41. The van der Waals surface area contributed by atoms with E-state index in [9.17, 15) is 0 Å². The van der Waals surface area contributed by atoms with Crippen molar-refractivity contribution in [3.63, 3.8) is 0 Å². The van der Waals surface area contributed by atoms with Crippen LogP contribution in [0.5, 0.6) is 0 Å². The van der Waals surface area contributed by atoms with Crippen molar-refractivity contribution in [2.24, 2.45) is 0 Å². The molecule has 2 aromatic carbocycles. The number of aromatic nitrogens is 5. The topological polar surface area (TPSA) is 69.6 Å². The number of hydrogen-bond donors (Lipinski definition) is 0. The van der Waals surface area contributed by atoms with Crippen LogP contribution in [-0.2, 0) is 5.75 Å². The van der Waals surface area contributed by atoms with Crippen molar-refractivity contribution in [1.82, 2.24) is 24.9 Å². The minimum Gasteiger partial charge on any atom is -0.338 e. The average Bonchev–Trinajstić information content (AvgIpc) is 3.28. The molecule has 26 heavy (non-hydrogen) atoms. The van der Waals surface area contributed by atoms with Crippen molar-refractivity contribution in [2.45, 2.75) is 17.8 Å². The van der Waals surface area contributed by atoms with Crippen molar-refractivity contribution < 1.29 is 4.52 Å². The third kappa shape index (κ3) is 3.49. The Bertz CT molecular complexity index is 1010. The first-order valence-corrected chi connectivity index (χ1v) is 9.26. The summed E-state index contributed by atoms with van der Waals surface area (Å²) in [6, 6.07) is 17.3. The highest BCUT2D eigenvalue weighted by atomic mass is 35.5. The van der Waals surface area contributed by atoms with Crippen LogP contribution in [0.15, 0.2) is 64.3 Å². The van der Waals surface area contributed by atoms with E-state index in [1.54, 1.807) is 12.1 Å². The second-order valence-corrected chi connectivity index (χ2v) is 6.89. The molecule has 8 heteroatoms. The number of rotatable bonds is 5. The number of hydrogen-bond acceptors (Lipinski definition) is 6. The summed E-state index contributed by atoms with van der Waals surface area (Å²) in [5.41, 5.74) is 1.88. The van der Waals surface area contributed by atoms with E-state index in [0.717, 1.165) is 22.2 Å². The fourth-order valence-electron chi connectivity index (χ4n) is 2.47. The van der Waals surface area contributed by atoms with Crippen molar-refractivity contribution >= 4 is 23.4 Å². The predicted octanol–water partition coefficient (Wildman–Crippen LogP) is 4.57. The van der Waals surface area contributed by atoms with Crippen LogP contribution in [0.2, 0.25) is 5.02 Å². The van der Waals surface area contributed by atoms with Crippen LogP contribution in [0, 0.1) is 6.92 Å². The van der Waals surface area contributed by atoms with Crippen LogP contribution in [0.1, 0.15) is 11.7 Å². The van der Waals surface area contributed by atoms with E-state index >= 15 is 0 Å². The van der Waals surface area contributed by atoms with Crippen LogP contribution in [0.4, 0.5) is 0 Å². The van der Waals surface area contributed by atoms with Gasteiger partial charge >= 0.3 is 0 Å². The predicted molar refractivity (Wildman–Crippen MR) is 100 cm³/mol. The summed E-state index contributed by atoms with van der Waals surface area (Å²) in [5.74, 6) is 2.40. The Balaban J connectivity index is 1.51. The zero-order valence-electron chi connectivity index (χ0n) is 13.8. The van der Waals surface area contributed by atoms with E-state index in [1.165, 1.54) is 11.8 Å². The van der Waals surface area contributed by atoms with Crippen LogP contribution < -0.4 is 0 Å². The zero-order chi connectivity index (χ0) is 17.9. The summed E-state index contributed by atoms with van der Waals surface area (Å²) in [6.45, 7) is 1.93. The maximum Gasteiger partial charge on any atom is 0.237 e. The van der Waals surface area contributed by atoms with Gasteiger partial charge in [-0.2, -0.15) is 4.98 Å². The summed E-state index contributed by atoms with van der Waals surface area (Å²) in [6.07, 6.45) is 0. The maximum atomic E-state index is 5.91. The Morgan fingerprint density at radius 1 is 1.04 bits per heavy atom. The van der Waals surface area contributed by atoms with Crippen LogP contribution in [-0.4, -0.2) is 24.9 Å². The lowest BCUT2D eigenvalue weighted by Gasteiger charge is -2.06. The van der Waals surface area contributed by atoms with E-state index in [0.29, 0.717) is 22.5 Å².